The normalized spacial score (nSPS) is 18.0. The van der Waals surface area contributed by atoms with Gasteiger partial charge >= 0.3 is 0 Å². The Morgan fingerprint density at radius 3 is 2.92 bits per heavy atom. The summed E-state index contributed by atoms with van der Waals surface area (Å²) in [5, 5.41) is 3.73. The van der Waals surface area contributed by atoms with Crippen LogP contribution in [0.5, 0.6) is 0 Å². The molecular weight excluding hydrogens is 338 g/mol. The Labute approximate surface area is 148 Å². The predicted molar refractivity (Wildman–Crippen MR) is 95.0 cm³/mol. The van der Waals surface area contributed by atoms with Crippen molar-refractivity contribution in [2.45, 2.75) is 39.2 Å². The highest BCUT2D eigenvalue weighted by molar-refractivity contribution is 7.13. The molecule has 1 saturated heterocycles. The van der Waals surface area contributed by atoms with Crippen molar-refractivity contribution in [3.8, 4) is 0 Å². The van der Waals surface area contributed by atoms with Crippen molar-refractivity contribution in [3.05, 3.63) is 50.0 Å². The van der Waals surface area contributed by atoms with Crippen molar-refractivity contribution < 1.29 is 4.79 Å². The molecule has 3 aromatic rings. The Bertz CT molecular complexity index is 1000. The average Bonchev–Trinajstić information content (AvgIpc) is 3.20. The molecule has 0 unspecified atom stereocenters. The molecule has 1 fully saturated rings. The highest BCUT2D eigenvalue weighted by Crippen LogP contribution is 2.32. The lowest BCUT2D eigenvalue weighted by molar-refractivity contribution is 0.0610. The number of thiazole rings is 1. The number of aryl methyl sites for hydroxylation is 2. The Morgan fingerprint density at radius 1 is 1.32 bits per heavy atom. The Hall–Kier alpha value is -2.48. The zero-order valence-electron chi connectivity index (χ0n) is 14.2. The zero-order chi connectivity index (χ0) is 17.6. The maximum Gasteiger partial charge on any atom is 0.272 e. The highest BCUT2D eigenvalue weighted by atomic mass is 32.1. The fourth-order valence-corrected chi connectivity index (χ4v) is 4.34. The van der Waals surface area contributed by atoms with Gasteiger partial charge in [0.1, 0.15) is 4.88 Å². The minimum absolute atomic E-state index is 0.0103. The number of nitrogens with one attached hydrogen (secondary N) is 1. The van der Waals surface area contributed by atoms with Gasteiger partial charge in [-0.15, -0.1) is 11.3 Å². The van der Waals surface area contributed by atoms with Crippen molar-refractivity contribution >= 4 is 22.9 Å². The van der Waals surface area contributed by atoms with Gasteiger partial charge in [0.05, 0.1) is 22.4 Å². The van der Waals surface area contributed by atoms with Gasteiger partial charge in [0.2, 0.25) is 0 Å². The number of carbonyl (C=O) groups is 1. The van der Waals surface area contributed by atoms with Crippen LogP contribution < -0.4 is 5.56 Å². The smallest absolute Gasteiger partial charge is 0.272 e. The summed E-state index contributed by atoms with van der Waals surface area (Å²) in [7, 11) is 0. The van der Waals surface area contributed by atoms with Crippen LogP contribution in [0.2, 0.25) is 0 Å². The lowest BCUT2D eigenvalue weighted by Crippen LogP contribution is -2.39. The second-order valence-electron chi connectivity index (χ2n) is 6.33. The van der Waals surface area contributed by atoms with Crippen molar-refractivity contribution in [1.82, 2.24) is 24.5 Å². The monoisotopic (exact) mass is 357 g/mol. The van der Waals surface area contributed by atoms with Gasteiger partial charge in [0.25, 0.3) is 11.5 Å². The first-order valence-electron chi connectivity index (χ1n) is 8.36. The van der Waals surface area contributed by atoms with E-state index >= 15 is 0 Å². The molecule has 0 spiro atoms. The maximum atomic E-state index is 13.1. The van der Waals surface area contributed by atoms with Gasteiger partial charge in [-0.1, -0.05) is 0 Å². The molecule has 0 radical (unpaired) electrons. The summed E-state index contributed by atoms with van der Waals surface area (Å²) in [6.45, 7) is 4.45. The number of likely N-dealkylation sites (tertiary alicyclic amines) is 1. The number of rotatable bonds is 2. The molecule has 1 aliphatic heterocycles. The summed E-state index contributed by atoms with van der Waals surface area (Å²) in [5.74, 6) is -0.0103. The molecule has 0 saturated carbocycles. The second-order valence-corrected chi connectivity index (χ2v) is 7.54. The van der Waals surface area contributed by atoms with E-state index in [0.29, 0.717) is 22.8 Å². The summed E-state index contributed by atoms with van der Waals surface area (Å²) < 4.78 is 1.40. The van der Waals surface area contributed by atoms with E-state index in [1.165, 1.54) is 21.9 Å². The number of H-pyrrole nitrogens is 1. The maximum absolute atomic E-state index is 13.1. The zero-order valence-corrected chi connectivity index (χ0v) is 15.0. The molecule has 1 N–H and O–H groups in total. The third kappa shape index (κ3) is 2.76. The lowest BCUT2D eigenvalue weighted by atomic mass is 9.98. The number of aromatic amines is 1. The van der Waals surface area contributed by atoms with E-state index in [4.69, 9.17) is 0 Å². The van der Waals surface area contributed by atoms with Gasteiger partial charge in [-0.05, 0) is 33.1 Å². The van der Waals surface area contributed by atoms with Crippen molar-refractivity contribution in [2.75, 3.05) is 6.54 Å². The first-order valence-corrected chi connectivity index (χ1v) is 9.18. The van der Waals surface area contributed by atoms with Crippen LogP contribution in [0.15, 0.2) is 23.1 Å². The van der Waals surface area contributed by atoms with Crippen molar-refractivity contribution in [3.63, 3.8) is 0 Å². The summed E-state index contributed by atoms with van der Waals surface area (Å²) in [6, 6.07) is 3.12. The molecule has 0 bridgehead atoms. The average molecular weight is 357 g/mol. The van der Waals surface area contributed by atoms with Crippen LogP contribution in [0, 0.1) is 13.8 Å². The number of piperidine rings is 1. The molecule has 7 nitrogen and oxygen atoms in total. The van der Waals surface area contributed by atoms with Crippen LogP contribution in [0.4, 0.5) is 0 Å². The number of fused-ring (bicyclic) bond motifs is 1. The van der Waals surface area contributed by atoms with E-state index in [1.807, 2.05) is 18.7 Å². The number of aromatic nitrogens is 4. The molecular formula is C17H19N5O2S. The van der Waals surface area contributed by atoms with Crippen LogP contribution >= 0.6 is 11.3 Å². The van der Waals surface area contributed by atoms with Crippen LogP contribution in [-0.4, -0.2) is 36.9 Å². The Kier molecular flexibility index (Phi) is 3.91. The molecule has 3 aromatic heterocycles. The second kappa shape index (κ2) is 6.11. The summed E-state index contributed by atoms with van der Waals surface area (Å²) in [5.41, 5.74) is 1.85. The standard InChI is InChI=1S/C17H19N5O2S/c1-10-16(25-11(2)19-10)17(24)21-8-4-3-5-13(21)12-9-15(23)22-14(20-12)6-7-18-22/h6-7,9,13,18H,3-5,8H2,1-2H3/t13-/m1/s1. The van der Waals surface area contributed by atoms with Gasteiger partial charge in [-0.25, -0.2) is 14.5 Å². The number of hydrogen-bond donors (Lipinski definition) is 1. The molecule has 130 valence electrons. The van der Waals surface area contributed by atoms with Crippen molar-refractivity contribution in [1.29, 1.82) is 0 Å². The molecule has 1 amide bonds. The molecule has 25 heavy (non-hydrogen) atoms. The fourth-order valence-electron chi connectivity index (χ4n) is 3.46. The SMILES string of the molecule is Cc1nc(C)c(C(=O)N2CCCC[C@@H]2c2cc(=O)n3[nH]ccc3n2)s1. The predicted octanol–water partition coefficient (Wildman–Crippen LogP) is 2.46. The minimum Gasteiger partial charge on any atom is -0.329 e. The first-order chi connectivity index (χ1) is 12.0. The summed E-state index contributed by atoms with van der Waals surface area (Å²) >= 11 is 1.43. The Morgan fingerprint density at radius 2 is 2.16 bits per heavy atom. The van der Waals surface area contributed by atoms with Crippen LogP contribution in [0.25, 0.3) is 5.65 Å². The molecule has 1 atom stereocenters. The van der Waals surface area contributed by atoms with E-state index in [-0.39, 0.29) is 17.5 Å². The third-order valence-corrected chi connectivity index (χ3v) is 5.66. The minimum atomic E-state index is -0.171. The van der Waals surface area contributed by atoms with Crippen LogP contribution in [0.1, 0.15) is 51.4 Å². The molecule has 1 aliphatic rings. The molecule has 4 rings (SSSR count). The van der Waals surface area contributed by atoms with Crippen LogP contribution in [0.3, 0.4) is 0 Å². The van der Waals surface area contributed by atoms with Gasteiger partial charge in [-0.2, -0.15) is 0 Å². The van der Waals surface area contributed by atoms with Gasteiger partial charge in [0.15, 0.2) is 5.65 Å². The number of carbonyl (C=O) groups excluding carboxylic acids is 1. The lowest BCUT2D eigenvalue weighted by Gasteiger charge is -2.35. The Balaban J connectivity index is 1.74. The third-order valence-electron chi connectivity index (χ3n) is 4.60. The topological polar surface area (TPSA) is 83.4 Å². The molecule has 4 heterocycles. The molecule has 0 aromatic carbocycles. The summed E-state index contributed by atoms with van der Waals surface area (Å²) in [6.07, 6.45) is 4.48. The van der Waals surface area contributed by atoms with Gasteiger partial charge in [-0.3, -0.25) is 14.7 Å². The van der Waals surface area contributed by atoms with Gasteiger partial charge < -0.3 is 4.90 Å². The van der Waals surface area contributed by atoms with E-state index in [9.17, 15) is 9.59 Å². The number of hydrogen-bond acceptors (Lipinski definition) is 5. The highest BCUT2D eigenvalue weighted by Gasteiger charge is 2.32. The molecule has 8 heteroatoms. The van der Waals surface area contributed by atoms with E-state index in [0.717, 1.165) is 30.0 Å². The first kappa shape index (κ1) is 16.0. The largest absolute Gasteiger partial charge is 0.329 e. The van der Waals surface area contributed by atoms with Crippen LogP contribution in [-0.2, 0) is 0 Å². The van der Waals surface area contributed by atoms with Gasteiger partial charge in [0, 0.05) is 24.9 Å². The molecule has 0 aliphatic carbocycles. The van der Waals surface area contributed by atoms with E-state index in [1.54, 1.807) is 12.3 Å². The quantitative estimate of drug-likeness (QED) is 0.764. The van der Waals surface area contributed by atoms with E-state index < -0.39 is 0 Å². The number of amides is 1. The fraction of sp³-hybridized carbons (Fsp3) is 0.412. The van der Waals surface area contributed by atoms with E-state index in [2.05, 4.69) is 15.1 Å². The number of nitrogens with zero attached hydrogens (tertiary/aromatic N) is 4. The summed E-state index contributed by atoms with van der Waals surface area (Å²) in [4.78, 5) is 36.9. The van der Waals surface area contributed by atoms with Crippen molar-refractivity contribution in [2.24, 2.45) is 0 Å².